The van der Waals surface area contributed by atoms with E-state index in [2.05, 4.69) is 13.8 Å². The maximum Gasteiger partial charge on any atom is -0.0386 e. The van der Waals surface area contributed by atoms with E-state index in [4.69, 9.17) is 0 Å². The van der Waals surface area contributed by atoms with E-state index in [1.54, 1.807) is 44.9 Å². The molecule has 0 aromatic rings. The van der Waals surface area contributed by atoms with Gasteiger partial charge in [0.2, 0.25) is 0 Å². The van der Waals surface area contributed by atoms with Crippen LogP contribution in [0.3, 0.4) is 0 Å². The van der Waals surface area contributed by atoms with Gasteiger partial charge in [0.05, 0.1) is 0 Å². The van der Waals surface area contributed by atoms with E-state index in [0.29, 0.717) is 0 Å². The van der Waals surface area contributed by atoms with Crippen LogP contribution >= 0.6 is 0 Å². The number of hydrogen-bond acceptors (Lipinski definition) is 0. The van der Waals surface area contributed by atoms with E-state index in [9.17, 15) is 0 Å². The van der Waals surface area contributed by atoms with Gasteiger partial charge in [0, 0.05) is 0 Å². The first kappa shape index (κ1) is 18.3. The highest BCUT2D eigenvalue weighted by Crippen LogP contribution is 2.42. The molecule has 2 rings (SSSR count). The summed E-state index contributed by atoms with van der Waals surface area (Å²) in [5.74, 6) is 4.33. The van der Waals surface area contributed by atoms with Crippen LogP contribution in [0.2, 0.25) is 0 Å². The van der Waals surface area contributed by atoms with E-state index in [0.717, 1.165) is 23.7 Å². The Labute approximate surface area is 140 Å². The number of hydrogen-bond donors (Lipinski definition) is 0. The molecule has 0 unspecified atom stereocenters. The van der Waals surface area contributed by atoms with Crippen LogP contribution in [-0.2, 0) is 0 Å². The van der Waals surface area contributed by atoms with Crippen LogP contribution in [0.15, 0.2) is 0 Å². The Balaban J connectivity index is 1.48. The van der Waals surface area contributed by atoms with Crippen LogP contribution < -0.4 is 0 Å². The van der Waals surface area contributed by atoms with Crippen LogP contribution in [0.25, 0.3) is 0 Å². The van der Waals surface area contributed by atoms with Crippen LogP contribution in [-0.4, -0.2) is 0 Å². The second-order valence-electron chi connectivity index (χ2n) is 8.71. The van der Waals surface area contributed by atoms with Crippen molar-refractivity contribution < 1.29 is 0 Å². The van der Waals surface area contributed by atoms with Gasteiger partial charge in [0.25, 0.3) is 0 Å². The third kappa shape index (κ3) is 6.63. The standard InChI is InChI=1S/C22H42/c1-3-4-5-6-7-8-9-10-20-13-17-22(18-14-20)21-15-11-19(2)12-16-21/h19-22H,3-18H2,1-2H3/t19-,20-,21-,22-. The van der Waals surface area contributed by atoms with Gasteiger partial charge in [0.15, 0.2) is 0 Å². The number of unbranched alkanes of at least 4 members (excludes halogenated alkanes) is 6. The molecule has 0 aromatic carbocycles. The van der Waals surface area contributed by atoms with Crippen molar-refractivity contribution in [1.82, 2.24) is 0 Å². The van der Waals surface area contributed by atoms with Crippen LogP contribution in [0.1, 0.15) is 117 Å². The SMILES string of the molecule is CCCCCCCCC[C@H]1CC[C@H]([C@H]2CC[C@H](C)CC2)CC1. The molecule has 0 aliphatic heterocycles. The van der Waals surface area contributed by atoms with Gasteiger partial charge in [-0.25, -0.2) is 0 Å². The molecule has 0 nitrogen and oxygen atoms in total. The highest BCUT2D eigenvalue weighted by Gasteiger charge is 2.29. The normalized spacial score (nSPS) is 33.0. The van der Waals surface area contributed by atoms with E-state index >= 15 is 0 Å². The molecule has 0 saturated heterocycles. The summed E-state index contributed by atoms with van der Waals surface area (Å²) < 4.78 is 0. The lowest BCUT2D eigenvalue weighted by Gasteiger charge is -2.37. The molecule has 2 aliphatic carbocycles. The van der Waals surface area contributed by atoms with Crippen molar-refractivity contribution in [2.24, 2.45) is 23.7 Å². The van der Waals surface area contributed by atoms with Crippen LogP contribution in [0.4, 0.5) is 0 Å². The molecule has 0 radical (unpaired) electrons. The highest BCUT2D eigenvalue weighted by molar-refractivity contribution is 4.81. The molecule has 0 bridgehead atoms. The zero-order chi connectivity index (χ0) is 15.6. The molecule has 0 atom stereocenters. The Morgan fingerprint density at radius 1 is 0.591 bits per heavy atom. The number of rotatable bonds is 9. The second kappa shape index (κ2) is 10.7. The molecule has 0 aromatic heterocycles. The summed E-state index contributed by atoms with van der Waals surface area (Å²) in [6, 6.07) is 0. The van der Waals surface area contributed by atoms with Gasteiger partial charge < -0.3 is 0 Å². The summed E-state index contributed by atoms with van der Waals surface area (Å²) in [6.07, 6.45) is 24.2. The molecule has 2 saturated carbocycles. The van der Waals surface area contributed by atoms with Gasteiger partial charge in [-0.05, 0) is 49.4 Å². The van der Waals surface area contributed by atoms with E-state index in [-0.39, 0.29) is 0 Å². The minimum Gasteiger partial charge on any atom is -0.0654 e. The van der Waals surface area contributed by atoms with Crippen molar-refractivity contribution in [1.29, 1.82) is 0 Å². The Morgan fingerprint density at radius 2 is 1.09 bits per heavy atom. The third-order valence-corrected chi connectivity index (χ3v) is 6.83. The van der Waals surface area contributed by atoms with Crippen molar-refractivity contribution >= 4 is 0 Å². The quantitative estimate of drug-likeness (QED) is 0.382. The molecule has 0 heteroatoms. The predicted octanol–water partition coefficient (Wildman–Crippen LogP) is 7.76. The first-order valence-electron chi connectivity index (χ1n) is 10.8. The minimum absolute atomic E-state index is 1.02. The lowest BCUT2D eigenvalue weighted by Crippen LogP contribution is -2.25. The lowest BCUT2D eigenvalue weighted by molar-refractivity contribution is 0.146. The molecule has 0 N–H and O–H groups in total. The maximum absolute atomic E-state index is 2.45. The Morgan fingerprint density at radius 3 is 1.68 bits per heavy atom. The van der Waals surface area contributed by atoms with E-state index < -0.39 is 0 Å². The first-order chi connectivity index (χ1) is 10.8. The molecule has 22 heavy (non-hydrogen) atoms. The van der Waals surface area contributed by atoms with Gasteiger partial charge in [-0.3, -0.25) is 0 Å². The highest BCUT2D eigenvalue weighted by atomic mass is 14.3. The molecule has 0 spiro atoms. The summed E-state index contributed by atoms with van der Waals surface area (Å²) in [5.41, 5.74) is 0. The average molecular weight is 307 g/mol. The topological polar surface area (TPSA) is 0 Å². The van der Waals surface area contributed by atoms with Gasteiger partial charge >= 0.3 is 0 Å². The Bertz CT molecular complexity index is 253. The Hall–Kier alpha value is 0. The van der Waals surface area contributed by atoms with Crippen molar-refractivity contribution in [2.75, 3.05) is 0 Å². The summed E-state index contributed by atoms with van der Waals surface area (Å²) in [5, 5.41) is 0. The van der Waals surface area contributed by atoms with E-state index in [1.165, 1.54) is 57.8 Å². The van der Waals surface area contributed by atoms with Gasteiger partial charge in [-0.1, -0.05) is 90.9 Å². The van der Waals surface area contributed by atoms with Crippen molar-refractivity contribution in [3.8, 4) is 0 Å². The molecular formula is C22H42. The molecule has 130 valence electrons. The van der Waals surface area contributed by atoms with Crippen molar-refractivity contribution in [2.45, 2.75) is 117 Å². The average Bonchev–Trinajstić information content (AvgIpc) is 2.55. The summed E-state index contributed by atoms with van der Waals surface area (Å²) in [7, 11) is 0. The largest absolute Gasteiger partial charge is 0.0654 e. The minimum atomic E-state index is 1.02. The predicted molar refractivity (Wildman–Crippen MR) is 99.2 cm³/mol. The van der Waals surface area contributed by atoms with Crippen LogP contribution in [0, 0.1) is 23.7 Å². The van der Waals surface area contributed by atoms with E-state index in [1.807, 2.05) is 0 Å². The monoisotopic (exact) mass is 306 g/mol. The molecule has 0 heterocycles. The molecule has 2 aliphatic rings. The summed E-state index contributed by atoms with van der Waals surface area (Å²) in [4.78, 5) is 0. The fourth-order valence-corrected chi connectivity index (χ4v) is 5.10. The fourth-order valence-electron chi connectivity index (χ4n) is 5.10. The first-order valence-corrected chi connectivity index (χ1v) is 10.8. The second-order valence-corrected chi connectivity index (χ2v) is 8.71. The lowest BCUT2D eigenvalue weighted by atomic mass is 9.69. The maximum atomic E-state index is 2.45. The Kier molecular flexibility index (Phi) is 8.93. The smallest absolute Gasteiger partial charge is 0.0386 e. The third-order valence-electron chi connectivity index (χ3n) is 6.83. The van der Waals surface area contributed by atoms with Gasteiger partial charge in [-0.2, -0.15) is 0 Å². The van der Waals surface area contributed by atoms with Crippen molar-refractivity contribution in [3.63, 3.8) is 0 Å². The summed E-state index contributed by atoms with van der Waals surface area (Å²) in [6.45, 7) is 4.76. The fraction of sp³-hybridized carbons (Fsp3) is 1.00. The summed E-state index contributed by atoms with van der Waals surface area (Å²) >= 11 is 0. The molecule has 0 amide bonds. The zero-order valence-corrected chi connectivity index (χ0v) is 15.6. The van der Waals surface area contributed by atoms with Crippen LogP contribution in [0.5, 0.6) is 0 Å². The zero-order valence-electron chi connectivity index (χ0n) is 15.6. The van der Waals surface area contributed by atoms with Gasteiger partial charge in [0.1, 0.15) is 0 Å². The van der Waals surface area contributed by atoms with Gasteiger partial charge in [-0.15, -0.1) is 0 Å². The van der Waals surface area contributed by atoms with Crippen molar-refractivity contribution in [3.05, 3.63) is 0 Å². The molecular weight excluding hydrogens is 264 g/mol. The molecule has 2 fully saturated rings.